The Morgan fingerprint density at radius 1 is 1.06 bits per heavy atom. The lowest BCUT2D eigenvalue weighted by molar-refractivity contribution is -0.137. The minimum Gasteiger partial charge on any atom is -0.488 e. The highest BCUT2D eigenvalue weighted by atomic mass is 32.1. The Morgan fingerprint density at radius 3 is 2.50 bits per heavy atom. The average molecular weight is 475 g/mol. The van der Waals surface area contributed by atoms with Gasteiger partial charge in [0.25, 0.3) is 0 Å². The van der Waals surface area contributed by atoms with E-state index in [0.29, 0.717) is 5.01 Å². The Bertz CT molecular complexity index is 1130. The van der Waals surface area contributed by atoms with Crippen LogP contribution in [0, 0.1) is 17.5 Å². The van der Waals surface area contributed by atoms with Crippen LogP contribution in [-0.2, 0) is 23.9 Å². The van der Waals surface area contributed by atoms with Gasteiger partial charge in [-0.2, -0.15) is 13.2 Å². The fourth-order valence-electron chi connectivity index (χ4n) is 2.72. The summed E-state index contributed by atoms with van der Waals surface area (Å²) in [4.78, 5) is 15.8. The number of rotatable bonds is 7. The molecule has 0 unspecified atom stereocenters. The second-order valence-corrected chi connectivity index (χ2v) is 7.41. The van der Waals surface area contributed by atoms with Gasteiger partial charge in [-0.1, -0.05) is 0 Å². The first kappa shape index (κ1) is 23.6. The van der Waals surface area contributed by atoms with Crippen molar-refractivity contribution in [3.05, 3.63) is 80.6 Å². The molecule has 0 spiro atoms. The number of nitrogens with zero attached hydrogens (tertiary/aromatic N) is 1. The quantitative estimate of drug-likeness (QED) is 0.242. The van der Waals surface area contributed by atoms with Crippen molar-refractivity contribution >= 4 is 17.3 Å². The van der Waals surface area contributed by atoms with Gasteiger partial charge in [0.05, 0.1) is 17.2 Å². The Morgan fingerprint density at radius 2 is 1.81 bits per heavy atom. The van der Waals surface area contributed by atoms with Crippen LogP contribution in [0.1, 0.15) is 39.1 Å². The lowest BCUT2D eigenvalue weighted by atomic mass is 10.1. The number of thiazole rings is 1. The molecule has 11 heteroatoms. The summed E-state index contributed by atoms with van der Waals surface area (Å²) in [6.07, 6.45) is -4.75. The van der Waals surface area contributed by atoms with Crippen molar-refractivity contribution in [2.75, 3.05) is 6.61 Å². The number of esters is 1. The van der Waals surface area contributed by atoms with Crippen molar-refractivity contribution in [3.63, 3.8) is 0 Å². The summed E-state index contributed by atoms with van der Waals surface area (Å²) >= 11 is 1.04. The third-order valence-electron chi connectivity index (χ3n) is 4.26. The van der Waals surface area contributed by atoms with Gasteiger partial charge in [-0.05, 0) is 37.3 Å². The zero-order valence-corrected chi connectivity index (χ0v) is 17.2. The van der Waals surface area contributed by atoms with Gasteiger partial charge in [0.1, 0.15) is 12.4 Å². The number of carbonyl (C=O) groups is 1. The summed E-state index contributed by atoms with van der Waals surface area (Å²) in [5.41, 5.74) is -1.17. The first-order chi connectivity index (χ1) is 15.1. The molecule has 0 N–H and O–H groups in total. The van der Waals surface area contributed by atoms with E-state index in [1.54, 1.807) is 6.92 Å². The Hall–Kier alpha value is -3.08. The van der Waals surface area contributed by atoms with E-state index in [9.17, 15) is 31.1 Å². The van der Waals surface area contributed by atoms with Crippen molar-refractivity contribution < 1.29 is 40.6 Å². The highest BCUT2D eigenvalue weighted by Gasteiger charge is 2.31. The lowest BCUT2D eigenvalue weighted by Crippen LogP contribution is -2.08. The maximum Gasteiger partial charge on any atom is 0.416 e. The number of benzene rings is 2. The van der Waals surface area contributed by atoms with Gasteiger partial charge < -0.3 is 9.47 Å². The van der Waals surface area contributed by atoms with Gasteiger partial charge in [0.2, 0.25) is 0 Å². The molecule has 3 rings (SSSR count). The topological polar surface area (TPSA) is 48.4 Å². The summed E-state index contributed by atoms with van der Waals surface area (Å²) in [6, 6.07) is 4.38. The van der Waals surface area contributed by atoms with Crippen molar-refractivity contribution in [1.82, 2.24) is 4.98 Å². The van der Waals surface area contributed by atoms with Crippen LogP contribution >= 0.6 is 11.3 Å². The standard InChI is InChI=1S/C21H15F6NO3S/c1-2-30-20(29)15-10-32-17(28-15)8-12-7-13(21(25,26)27)4-6-16(12)31-9-11-3-5-14(22)19(24)18(11)23/h3-7,10H,2,8-9H2,1H3. The number of halogens is 6. The highest BCUT2D eigenvalue weighted by molar-refractivity contribution is 7.09. The molecular formula is C21H15F6NO3S. The summed E-state index contributed by atoms with van der Waals surface area (Å²) in [7, 11) is 0. The van der Waals surface area contributed by atoms with Crippen molar-refractivity contribution in [2.45, 2.75) is 26.1 Å². The third kappa shape index (κ3) is 5.39. The normalized spacial score (nSPS) is 11.5. The molecular weight excluding hydrogens is 460 g/mol. The molecule has 0 amide bonds. The van der Waals surface area contributed by atoms with E-state index < -0.39 is 41.8 Å². The van der Waals surface area contributed by atoms with Gasteiger partial charge in [0.15, 0.2) is 23.1 Å². The fourth-order valence-corrected chi connectivity index (χ4v) is 3.51. The molecule has 170 valence electrons. The third-order valence-corrected chi connectivity index (χ3v) is 5.11. The van der Waals surface area contributed by atoms with Crippen LogP contribution in [0.2, 0.25) is 0 Å². The SMILES string of the molecule is CCOC(=O)c1csc(Cc2cc(C(F)(F)F)ccc2OCc2ccc(F)c(F)c2F)n1. The van der Waals surface area contributed by atoms with Crippen LogP contribution in [0.15, 0.2) is 35.7 Å². The highest BCUT2D eigenvalue weighted by Crippen LogP contribution is 2.34. The summed E-state index contributed by atoms with van der Waals surface area (Å²) in [5.74, 6) is -5.19. The number of ether oxygens (including phenoxy) is 2. The van der Waals surface area contributed by atoms with Crippen LogP contribution in [0.25, 0.3) is 0 Å². The smallest absolute Gasteiger partial charge is 0.416 e. The van der Waals surface area contributed by atoms with Gasteiger partial charge in [-0.3, -0.25) is 0 Å². The summed E-state index contributed by atoms with van der Waals surface area (Å²) in [6.45, 7) is 1.21. The van der Waals surface area contributed by atoms with E-state index in [1.807, 2.05) is 0 Å². The summed E-state index contributed by atoms with van der Waals surface area (Å²) < 4.78 is 90.2. The molecule has 0 fully saturated rings. The molecule has 0 aliphatic rings. The molecule has 2 aromatic carbocycles. The first-order valence-corrected chi connectivity index (χ1v) is 10.0. The van der Waals surface area contributed by atoms with Crippen LogP contribution in [0.4, 0.5) is 26.3 Å². The number of carbonyl (C=O) groups excluding carboxylic acids is 1. The zero-order chi connectivity index (χ0) is 23.5. The van der Waals surface area contributed by atoms with E-state index in [4.69, 9.17) is 9.47 Å². The number of alkyl halides is 3. The maximum absolute atomic E-state index is 13.9. The number of hydrogen-bond donors (Lipinski definition) is 0. The molecule has 0 aliphatic heterocycles. The maximum atomic E-state index is 13.9. The molecule has 0 bridgehead atoms. The molecule has 1 aromatic heterocycles. The second-order valence-electron chi connectivity index (χ2n) is 6.47. The summed E-state index contributed by atoms with van der Waals surface area (Å²) in [5, 5.41) is 1.73. The van der Waals surface area contributed by atoms with Crippen LogP contribution in [0.3, 0.4) is 0 Å². The van der Waals surface area contributed by atoms with Crippen molar-refractivity contribution in [1.29, 1.82) is 0 Å². The predicted molar refractivity (Wildman–Crippen MR) is 103 cm³/mol. The molecule has 0 saturated carbocycles. The fraction of sp³-hybridized carbons (Fsp3) is 0.238. The first-order valence-electron chi connectivity index (χ1n) is 9.17. The molecule has 0 aliphatic carbocycles. The zero-order valence-electron chi connectivity index (χ0n) is 16.4. The van der Waals surface area contributed by atoms with Crippen molar-refractivity contribution in [2.24, 2.45) is 0 Å². The molecule has 0 radical (unpaired) electrons. The second kappa shape index (κ2) is 9.60. The largest absolute Gasteiger partial charge is 0.488 e. The Balaban J connectivity index is 1.88. The number of hydrogen-bond acceptors (Lipinski definition) is 5. The van der Waals surface area contributed by atoms with Crippen LogP contribution in [0.5, 0.6) is 5.75 Å². The Kier molecular flexibility index (Phi) is 7.07. The van der Waals surface area contributed by atoms with Gasteiger partial charge in [-0.25, -0.2) is 22.9 Å². The molecule has 0 saturated heterocycles. The van der Waals surface area contributed by atoms with Crippen LogP contribution < -0.4 is 4.74 Å². The molecule has 32 heavy (non-hydrogen) atoms. The molecule has 0 atom stereocenters. The minimum atomic E-state index is -4.63. The van der Waals surface area contributed by atoms with E-state index in [-0.39, 0.29) is 35.6 Å². The Labute approximate surface area is 182 Å². The minimum absolute atomic E-state index is 0.0187. The van der Waals surface area contributed by atoms with E-state index >= 15 is 0 Å². The van der Waals surface area contributed by atoms with Gasteiger partial charge in [-0.15, -0.1) is 11.3 Å². The average Bonchev–Trinajstić information content (AvgIpc) is 3.20. The van der Waals surface area contributed by atoms with E-state index in [2.05, 4.69) is 4.98 Å². The molecule has 1 heterocycles. The van der Waals surface area contributed by atoms with E-state index in [1.165, 1.54) is 5.38 Å². The van der Waals surface area contributed by atoms with E-state index in [0.717, 1.165) is 41.7 Å². The lowest BCUT2D eigenvalue weighted by Gasteiger charge is -2.14. The number of aromatic nitrogens is 1. The van der Waals surface area contributed by atoms with Crippen molar-refractivity contribution in [3.8, 4) is 5.75 Å². The molecule has 3 aromatic rings. The molecule has 4 nitrogen and oxygen atoms in total. The monoisotopic (exact) mass is 475 g/mol. The van der Waals surface area contributed by atoms with Gasteiger partial charge >= 0.3 is 12.1 Å². The van der Waals surface area contributed by atoms with Gasteiger partial charge in [0, 0.05) is 22.9 Å². The van der Waals surface area contributed by atoms with Crippen LogP contribution in [-0.4, -0.2) is 17.6 Å². The predicted octanol–water partition coefficient (Wildman–Crippen LogP) is 5.93.